The van der Waals surface area contributed by atoms with Crippen LogP contribution < -0.4 is 4.90 Å². The van der Waals surface area contributed by atoms with Gasteiger partial charge in [-0.25, -0.2) is 0 Å². The third-order valence-electron chi connectivity index (χ3n) is 5.22. The van der Waals surface area contributed by atoms with Gasteiger partial charge in [-0.05, 0) is 48.9 Å². The molecule has 144 valence electrons. The second kappa shape index (κ2) is 10.5. The molecule has 2 heteroatoms. The Morgan fingerprint density at radius 2 is 1.32 bits per heavy atom. The summed E-state index contributed by atoms with van der Waals surface area (Å²) in [6.45, 7) is 2.73. The van der Waals surface area contributed by atoms with Crippen molar-refractivity contribution in [2.75, 3.05) is 4.90 Å². The molecule has 3 aromatic carbocycles. The van der Waals surface area contributed by atoms with Gasteiger partial charge in [0.2, 0.25) is 5.91 Å². The third-order valence-corrected chi connectivity index (χ3v) is 5.22. The monoisotopic (exact) mass is 371 g/mol. The van der Waals surface area contributed by atoms with Crippen LogP contribution in [-0.2, 0) is 17.8 Å². The van der Waals surface area contributed by atoms with E-state index in [0.29, 0.717) is 6.54 Å². The molecule has 28 heavy (non-hydrogen) atoms. The lowest BCUT2D eigenvalue weighted by atomic mass is 9.95. The summed E-state index contributed by atoms with van der Waals surface area (Å²) in [5.74, 6) is 0.276. The second-order valence-corrected chi connectivity index (χ2v) is 7.23. The maximum Gasteiger partial charge on any atom is 0.230 e. The number of carbonyl (C=O) groups is 1. The molecule has 0 spiro atoms. The average Bonchev–Trinajstić information content (AvgIpc) is 2.77. The molecule has 3 rings (SSSR count). The van der Waals surface area contributed by atoms with Crippen LogP contribution >= 0.6 is 0 Å². The van der Waals surface area contributed by atoms with E-state index in [2.05, 4.69) is 43.3 Å². The van der Waals surface area contributed by atoms with Crippen LogP contribution in [0.15, 0.2) is 91.0 Å². The van der Waals surface area contributed by atoms with E-state index in [0.717, 1.165) is 36.9 Å². The fourth-order valence-electron chi connectivity index (χ4n) is 3.59. The number of hydrogen-bond acceptors (Lipinski definition) is 1. The predicted molar refractivity (Wildman–Crippen MR) is 117 cm³/mol. The number of anilines is 1. The van der Waals surface area contributed by atoms with E-state index in [9.17, 15) is 4.79 Å². The molecule has 1 atom stereocenters. The van der Waals surface area contributed by atoms with Crippen molar-refractivity contribution >= 4 is 11.6 Å². The van der Waals surface area contributed by atoms with E-state index in [1.807, 2.05) is 59.5 Å². The molecular weight excluding hydrogens is 342 g/mol. The van der Waals surface area contributed by atoms with Gasteiger partial charge in [0, 0.05) is 11.6 Å². The Morgan fingerprint density at radius 3 is 1.89 bits per heavy atom. The van der Waals surface area contributed by atoms with Gasteiger partial charge in [0.1, 0.15) is 0 Å². The van der Waals surface area contributed by atoms with E-state index in [4.69, 9.17) is 0 Å². The minimum Gasteiger partial charge on any atom is -0.308 e. The van der Waals surface area contributed by atoms with Crippen molar-refractivity contribution in [1.29, 1.82) is 0 Å². The van der Waals surface area contributed by atoms with Crippen molar-refractivity contribution < 1.29 is 4.79 Å². The number of aryl methyl sites for hydroxylation is 1. The summed E-state index contributed by atoms with van der Waals surface area (Å²) in [6, 6.07) is 30.8. The smallest absolute Gasteiger partial charge is 0.230 e. The topological polar surface area (TPSA) is 20.3 Å². The Bertz CT molecular complexity index is 830. The van der Waals surface area contributed by atoms with Crippen molar-refractivity contribution in [3.63, 3.8) is 0 Å². The zero-order valence-electron chi connectivity index (χ0n) is 16.6. The predicted octanol–water partition coefficient (Wildman–Crippen LogP) is 6.27. The van der Waals surface area contributed by atoms with Crippen molar-refractivity contribution in [3.05, 3.63) is 102 Å². The maximum absolute atomic E-state index is 13.4. The van der Waals surface area contributed by atoms with E-state index in [1.165, 1.54) is 5.56 Å². The van der Waals surface area contributed by atoms with Crippen molar-refractivity contribution in [2.45, 2.75) is 39.2 Å². The van der Waals surface area contributed by atoms with Crippen molar-refractivity contribution in [1.82, 2.24) is 0 Å². The normalized spacial score (nSPS) is 11.8. The first-order valence-electron chi connectivity index (χ1n) is 10.2. The van der Waals surface area contributed by atoms with Crippen LogP contribution in [0.1, 0.15) is 37.3 Å². The van der Waals surface area contributed by atoms with Crippen molar-refractivity contribution in [2.24, 2.45) is 5.92 Å². The number of rotatable bonds is 9. The summed E-state index contributed by atoms with van der Waals surface area (Å²) < 4.78 is 0. The first kappa shape index (κ1) is 19.9. The largest absolute Gasteiger partial charge is 0.308 e. The zero-order chi connectivity index (χ0) is 19.6. The Labute approximate surface area is 168 Å². The van der Waals surface area contributed by atoms with Gasteiger partial charge >= 0.3 is 0 Å². The molecule has 0 aromatic heterocycles. The quantitative estimate of drug-likeness (QED) is 0.434. The molecule has 0 saturated carbocycles. The Morgan fingerprint density at radius 1 is 0.786 bits per heavy atom. The van der Waals surface area contributed by atoms with Gasteiger partial charge < -0.3 is 4.90 Å². The molecular formula is C26H29NO. The summed E-state index contributed by atoms with van der Waals surface area (Å²) in [4.78, 5) is 15.4. The zero-order valence-corrected chi connectivity index (χ0v) is 16.6. The highest BCUT2D eigenvalue weighted by Gasteiger charge is 2.24. The van der Waals surface area contributed by atoms with Crippen LogP contribution in [0.5, 0.6) is 0 Å². The molecule has 0 radical (unpaired) electrons. The molecule has 0 heterocycles. The minimum atomic E-state index is 0.0487. The summed E-state index contributed by atoms with van der Waals surface area (Å²) in [5.41, 5.74) is 3.46. The van der Waals surface area contributed by atoms with Gasteiger partial charge in [-0.15, -0.1) is 0 Å². The molecule has 2 nitrogen and oxygen atoms in total. The SMILES string of the molecule is CC[C@@H](CCCc1ccccc1)C(=O)N(Cc1ccccc1)c1ccccc1. The summed E-state index contributed by atoms with van der Waals surface area (Å²) in [7, 11) is 0. The first-order valence-corrected chi connectivity index (χ1v) is 10.2. The number of hydrogen-bond donors (Lipinski definition) is 0. The van der Waals surface area contributed by atoms with Crippen LogP contribution in [0.3, 0.4) is 0 Å². The molecule has 0 saturated heterocycles. The Kier molecular flexibility index (Phi) is 7.43. The number of benzene rings is 3. The molecule has 0 aliphatic heterocycles. The molecule has 0 unspecified atom stereocenters. The van der Waals surface area contributed by atoms with Crippen LogP contribution in [0.25, 0.3) is 0 Å². The molecule has 0 aliphatic carbocycles. The van der Waals surface area contributed by atoms with E-state index in [-0.39, 0.29) is 11.8 Å². The lowest BCUT2D eigenvalue weighted by Gasteiger charge is -2.27. The molecule has 3 aromatic rings. The highest BCUT2D eigenvalue weighted by Crippen LogP contribution is 2.24. The van der Waals surface area contributed by atoms with E-state index in [1.54, 1.807) is 0 Å². The molecule has 0 N–H and O–H groups in total. The van der Waals surface area contributed by atoms with E-state index >= 15 is 0 Å². The van der Waals surface area contributed by atoms with Crippen LogP contribution in [0.4, 0.5) is 5.69 Å². The van der Waals surface area contributed by atoms with Crippen LogP contribution in [-0.4, -0.2) is 5.91 Å². The number of amides is 1. The summed E-state index contributed by atoms with van der Waals surface area (Å²) in [5, 5.41) is 0. The molecule has 0 bridgehead atoms. The second-order valence-electron chi connectivity index (χ2n) is 7.23. The van der Waals surface area contributed by atoms with Crippen LogP contribution in [0, 0.1) is 5.92 Å². The third kappa shape index (κ3) is 5.56. The molecule has 0 aliphatic rings. The first-order chi connectivity index (χ1) is 13.8. The lowest BCUT2D eigenvalue weighted by Crippen LogP contribution is -2.35. The fourth-order valence-corrected chi connectivity index (χ4v) is 3.59. The standard InChI is InChI=1S/C26H29NO/c1-2-24(18-12-17-22-13-6-3-7-14-22)26(28)27(25-19-10-5-11-20-25)21-23-15-8-4-9-16-23/h3-11,13-16,19-20,24H,2,12,17-18,21H2,1H3/t24-/m0/s1. The van der Waals surface area contributed by atoms with Crippen LogP contribution in [0.2, 0.25) is 0 Å². The van der Waals surface area contributed by atoms with Gasteiger partial charge in [-0.1, -0.05) is 85.8 Å². The van der Waals surface area contributed by atoms with E-state index < -0.39 is 0 Å². The molecule has 1 amide bonds. The summed E-state index contributed by atoms with van der Waals surface area (Å²) >= 11 is 0. The Hall–Kier alpha value is -2.87. The fraction of sp³-hybridized carbons (Fsp3) is 0.269. The molecule has 0 fully saturated rings. The van der Waals surface area contributed by atoms with Crippen molar-refractivity contribution in [3.8, 4) is 0 Å². The number of para-hydroxylation sites is 1. The Balaban J connectivity index is 1.70. The highest BCUT2D eigenvalue weighted by atomic mass is 16.2. The van der Waals surface area contributed by atoms with Gasteiger partial charge in [-0.2, -0.15) is 0 Å². The number of nitrogens with zero attached hydrogens (tertiary/aromatic N) is 1. The number of carbonyl (C=O) groups excluding carboxylic acids is 1. The minimum absolute atomic E-state index is 0.0487. The maximum atomic E-state index is 13.4. The van der Waals surface area contributed by atoms with Gasteiger partial charge in [0.15, 0.2) is 0 Å². The lowest BCUT2D eigenvalue weighted by molar-refractivity contribution is -0.122. The van der Waals surface area contributed by atoms with Gasteiger partial charge in [0.05, 0.1) is 6.54 Å². The van der Waals surface area contributed by atoms with Gasteiger partial charge in [0.25, 0.3) is 0 Å². The van der Waals surface area contributed by atoms with Gasteiger partial charge in [-0.3, -0.25) is 4.79 Å². The average molecular weight is 372 g/mol. The highest BCUT2D eigenvalue weighted by molar-refractivity contribution is 5.94. The summed E-state index contributed by atoms with van der Waals surface area (Å²) in [6.07, 6.45) is 3.84.